The summed E-state index contributed by atoms with van der Waals surface area (Å²) in [7, 11) is 0. The minimum Gasteiger partial charge on any atom is -0.448 e. The zero-order chi connectivity index (χ0) is 22.0. The van der Waals surface area contributed by atoms with Gasteiger partial charge in [0.15, 0.2) is 6.10 Å². The summed E-state index contributed by atoms with van der Waals surface area (Å²) in [5.74, 6) is -0.678. The highest BCUT2D eigenvalue weighted by Gasteiger charge is 2.63. The predicted molar refractivity (Wildman–Crippen MR) is 121 cm³/mol. The number of halogens is 1. The highest BCUT2D eigenvalue weighted by atomic mass is 79.9. The summed E-state index contributed by atoms with van der Waals surface area (Å²) in [4.78, 5) is 38.5. The minimum absolute atomic E-state index is 0.177. The minimum atomic E-state index is -1.53. The number of nitrogens with two attached hydrogens (primary N) is 1. The number of thioether (sulfide) groups is 1. The SMILES string of the molecule is N[C@]1(NC=O)C(=O)N2C(C(=O)OC(c3ccccc3)c3ccccc3)=C(CBr)CS[C@@H]21. The lowest BCUT2D eigenvalue weighted by molar-refractivity contribution is -0.160. The fraction of sp³-hybridized carbons (Fsp3) is 0.227. The van der Waals surface area contributed by atoms with Crippen LogP contribution in [0, 0.1) is 0 Å². The Labute approximate surface area is 192 Å². The van der Waals surface area contributed by atoms with Crippen molar-refractivity contribution in [3.05, 3.63) is 83.1 Å². The van der Waals surface area contributed by atoms with Crippen molar-refractivity contribution in [3.63, 3.8) is 0 Å². The van der Waals surface area contributed by atoms with Gasteiger partial charge in [0, 0.05) is 11.1 Å². The number of nitrogens with zero attached hydrogens (tertiary/aromatic N) is 1. The third kappa shape index (κ3) is 3.77. The van der Waals surface area contributed by atoms with E-state index in [1.165, 1.54) is 16.7 Å². The normalized spacial score (nSPS) is 22.6. The molecule has 2 amide bonds. The van der Waals surface area contributed by atoms with Crippen LogP contribution in [0.3, 0.4) is 0 Å². The van der Waals surface area contributed by atoms with Crippen LogP contribution in [0.25, 0.3) is 0 Å². The maximum atomic E-state index is 13.4. The largest absolute Gasteiger partial charge is 0.448 e. The van der Waals surface area contributed by atoms with E-state index in [1.807, 2.05) is 60.7 Å². The lowest BCUT2D eigenvalue weighted by Crippen LogP contribution is -2.83. The quantitative estimate of drug-likeness (QED) is 0.198. The van der Waals surface area contributed by atoms with Gasteiger partial charge in [0.05, 0.1) is 0 Å². The maximum absolute atomic E-state index is 13.4. The highest BCUT2D eigenvalue weighted by Crippen LogP contribution is 2.44. The van der Waals surface area contributed by atoms with E-state index in [0.29, 0.717) is 17.5 Å². The summed E-state index contributed by atoms with van der Waals surface area (Å²) in [6.07, 6.45) is -0.239. The Morgan fingerprint density at radius 1 is 1.23 bits per heavy atom. The molecule has 0 spiro atoms. The molecule has 0 aromatic heterocycles. The zero-order valence-corrected chi connectivity index (χ0v) is 18.8. The third-order valence-electron chi connectivity index (χ3n) is 5.27. The van der Waals surface area contributed by atoms with Crippen LogP contribution in [-0.4, -0.2) is 45.3 Å². The van der Waals surface area contributed by atoms with Crippen LogP contribution < -0.4 is 11.1 Å². The molecule has 0 saturated carbocycles. The molecule has 9 heteroatoms. The van der Waals surface area contributed by atoms with Crippen LogP contribution in [0.4, 0.5) is 0 Å². The van der Waals surface area contributed by atoms with Crippen molar-refractivity contribution in [2.24, 2.45) is 5.73 Å². The van der Waals surface area contributed by atoms with Gasteiger partial charge in [-0.2, -0.15) is 0 Å². The van der Waals surface area contributed by atoms with E-state index < -0.39 is 29.0 Å². The lowest BCUT2D eigenvalue weighted by atomic mass is 9.96. The van der Waals surface area contributed by atoms with Crippen LogP contribution in [-0.2, 0) is 19.1 Å². The molecule has 1 fully saturated rings. The number of amides is 2. The van der Waals surface area contributed by atoms with Crippen LogP contribution in [0.15, 0.2) is 71.9 Å². The molecule has 2 aliphatic rings. The van der Waals surface area contributed by atoms with Crippen LogP contribution >= 0.6 is 27.7 Å². The second kappa shape index (κ2) is 8.86. The van der Waals surface area contributed by atoms with E-state index in [-0.39, 0.29) is 5.70 Å². The number of fused-ring (bicyclic) bond motifs is 1. The predicted octanol–water partition coefficient (Wildman–Crippen LogP) is 2.28. The molecule has 1 saturated heterocycles. The summed E-state index contributed by atoms with van der Waals surface area (Å²) in [6, 6.07) is 18.8. The molecule has 4 rings (SSSR count). The first-order valence-corrected chi connectivity index (χ1v) is 11.7. The van der Waals surface area contributed by atoms with Gasteiger partial charge >= 0.3 is 5.97 Å². The Morgan fingerprint density at radius 2 is 1.81 bits per heavy atom. The number of hydrogen-bond donors (Lipinski definition) is 2. The number of nitrogens with one attached hydrogen (secondary N) is 1. The molecule has 0 unspecified atom stereocenters. The van der Waals surface area contributed by atoms with Crippen molar-refractivity contribution in [1.29, 1.82) is 0 Å². The summed E-state index contributed by atoms with van der Waals surface area (Å²) in [5, 5.41) is 2.21. The molecule has 0 aliphatic carbocycles. The van der Waals surface area contributed by atoms with Crippen molar-refractivity contribution >= 4 is 46.0 Å². The van der Waals surface area contributed by atoms with E-state index >= 15 is 0 Å². The van der Waals surface area contributed by atoms with Crippen LogP contribution in [0.1, 0.15) is 17.2 Å². The molecular formula is C22H20BrN3O4S. The van der Waals surface area contributed by atoms with Crippen molar-refractivity contribution in [2.75, 3.05) is 11.1 Å². The van der Waals surface area contributed by atoms with Gasteiger partial charge in [-0.15, -0.1) is 11.8 Å². The van der Waals surface area contributed by atoms with Gasteiger partial charge in [0.2, 0.25) is 12.1 Å². The Morgan fingerprint density at radius 3 is 2.32 bits per heavy atom. The Bertz CT molecular complexity index is 994. The molecule has 2 aromatic carbocycles. The van der Waals surface area contributed by atoms with Gasteiger partial charge in [0.25, 0.3) is 5.91 Å². The first-order valence-electron chi connectivity index (χ1n) is 9.55. The smallest absolute Gasteiger partial charge is 0.356 e. The van der Waals surface area contributed by atoms with Crippen molar-refractivity contribution < 1.29 is 19.1 Å². The fourth-order valence-corrected chi connectivity index (χ4v) is 5.82. The number of carbonyl (C=O) groups is 3. The molecule has 2 heterocycles. The van der Waals surface area contributed by atoms with Gasteiger partial charge in [-0.05, 0) is 16.7 Å². The molecule has 7 nitrogen and oxygen atoms in total. The van der Waals surface area contributed by atoms with E-state index in [2.05, 4.69) is 21.2 Å². The number of carbonyl (C=O) groups excluding carboxylic acids is 3. The average molecular weight is 502 g/mol. The van der Waals surface area contributed by atoms with Crippen molar-refractivity contribution in [3.8, 4) is 0 Å². The first-order chi connectivity index (χ1) is 15.0. The van der Waals surface area contributed by atoms with Gasteiger partial charge < -0.3 is 10.1 Å². The third-order valence-corrected chi connectivity index (χ3v) is 7.36. The van der Waals surface area contributed by atoms with Gasteiger partial charge in [-0.25, -0.2) is 4.79 Å². The van der Waals surface area contributed by atoms with E-state index in [0.717, 1.165) is 16.7 Å². The first kappa shape index (κ1) is 21.6. The topological polar surface area (TPSA) is 102 Å². The highest BCUT2D eigenvalue weighted by molar-refractivity contribution is 9.09. The number of rotatable bonds is 7. The number of esters is 1. The standard InChI is InChI=1S/C22H20BrN3O4S/c23-11-16-12-31-21-22(24,25-13-27)20(29)26(21)17(16)19(28)30-18(14-7-3-1-4-8-14)15-9-5-2-6-10-15/h1-10,13,18,21H,11-12,24H2,(H,25,27)/t21-,22+/m1/s1. The number of hydrogen-bond acceptors (Lipinski definition) is 6. The maximum Gasteiger partial charge on any atom is 0.356 e. The van der Waals surface area contributed by atoms with Gasteiger partial charge in [-0.3, -0.25) is 20.2 Å². The van der Waals surface area contributed by atoms with E-state index in [4.69, 9.17) is 10.5 Å². The van der Waals surface area contributed by atoms with Gasteiger partial charge in [0.1, 0.15) is 11.1 Å². The molecule has 2 aromatic rings. The Hall–Kier alpha value is -2.62. The summed E-state index contributed by atoms with van der Waals surface area (Å²) >= 11 is 4.80. The monoisotopic (exact) mass is 501 g/mol. The summed E-state index contributed by atoms with van der Waals surface area (Å²) < 4.78 is 5.97. The average Bonchev–Trinajstić information content (AvgIpc) is 2.82. The zero-order valence-electron chi connectivity index (χ0n) is 16.4. The summed E-state index contributed by atoms with van der Waals surface area (Å²) in [6.45, 7) is 0. The molecule has 160 valence electrons. The number of ether oxygens (including phenoxy) is 1. The Kier molecular flexibility index (Phi) is 6.17. The molecule has 0 bridgehead atoms. The molecule has 3 N–H and O–H groups in total. The molecule has 0 radical (unpaired) electrons. The molecular weight excluding hydrogens is 482 g/mol. The number of β-lactam (4-membered cyclic amide) rings is 1. The van der Waals surface area contributed by atoms with E-state index in [1.54, 1.807) is 0 Å². The second-order valence-corrected chi connectivity index (χ2v) is 8.79. The fourth-order valence-electron chi connectivity index (χ4n) is 3.71. The molecule has 2 atom stereocenters. The Balaban J connectivity index is 1.67. The van der Waals surface area contributed by atoms with E-state index in [9.17, 15) is 14.4 Å². The summed E-state index contributed by atoms with van der Waals surface area (Å²) in [5.41, 5.74) is 7.11. The number of benzene rings is 2. The molecule has 2 aliphatic heterocycles. The molecule has 31 heavy (non-hydrogen) atoms. The van der Waals surface area contributed by atoms with Crippen LogP contribution in [0.5, 0.6) is 0 Å². The number of alkyl halides is 1. The van der Waals surface area contributed by atoms with Crippen molar-refractivity contribution in [1.82, 2.24) is 10.2 Å². The van der Waals surface area contributed by atoms with Crippen molar-refractivity contribution in [2.45, 2.75) is 17.1 Å². The lowest BCUT2D eigenvalue weighted by Gasteiger charge is -2.55. The second-order valence-electron chi connectivity index (χ2n) is 7.16. The van der Waals surface area contributed by atoms with Gasteiger partial charge in [-0.1, -0.05) is 76.6 Å². The van der Waals surface area contributed by atoms with Crippen LogP contribution in [0.2, 0.25) is 0 Å².